The molecule has 0 saturated carbocycles. The second kappa shape index (κ2) is 2.58. The SMILES string of the molecule is N#CSC1=NOCC1. The van der Waals surface area contributed by atoms with Crippen molar-refractivity contribution in [1.29, 1.82) is 5.26 Å². The summed E-state index contributed by atoms with van der Waals surface area (Å²) in [5.74, 6) is 0. The lowest BCUT2D eigenvalue weighted by Gasteiger charge is -1.78. The van der Waals surface area contributed by atoms with E-state index in [1.165, 1.54) is 0 Å². The molecule has 0 fully saturated rings. The summed E-state index contributed by atoms with van der Waals surface area (Å²) in [4.78, 5) is 4.63. The van der Waals surface area contributed by atoms with E-state index >= 15 is 0 Å². The van der Waals surface area contributed by atoms with E-state index in [1.807, 2.05) is 5.40 Å². The van der Waals surface area contributed by atoms with Crippen LogP contribution in [0, 0.1) is 10.7 Å². The van der Waals surface area contributed by atoms with Crippen LogP contribution >= 0.6 is 11.8 Å². The molecular weight excluding hydrogens is 124 g/mol. The molecule has 0 unspecified atom stereocenters. The molecule has 0 aromatic carbocycles. The lowest BCUT2D eigenvalue weighted by Crippen LogP contribution is -1.83. The highest BCUT2D eigenvalue weighted by Gasteiger charge is 2.06. The van der Waals surface area contributed by atoms with Crippen LogP contribution in [0.25, 0.3) is 0 Å². The van der Waals surface area contributed by atoms with Crippen LogP contribution in [0.1, 0.15) is 6.42 Å². The standard InChI is InChI=1S/C4H4N2OS/c5-3-8-4-1-2-7-6-4/h1-2H2. The Labute approximate surface area is 51.3 Å². The average molecular weight is 128 g/mol. The first-order valence-corrected chi connectivity index (χ1v) is 3.00. The van der Waals surface area contributed by atoms with Gasteiger partial charge in [-0.15, -0.1) is 0 Å². The minimum Gasteiger partial charge on any atom is -0.395 e. The summed E-state index contributed by atoms with van der Waals surface area (Å²) < 4.78 is 0. The summed E-state index contributed by atoms with van der Waals surface area (Å²) in [5, 5.41) is 14.4. The van der Waals surface area contributed by atoms with Crippen molar-refractivity contribution in [3.63, 3.8) is 0 Å². The molecular formula is C4H4N2OS. The van der Waals surface area contributed by atoms with Gasteiger partial charge in [-0.1, -0.05) is 5.16 Å². The van der Waals surface area contributed by atoms with Crippen molar-refractivity contribution in [3.05, 3.63) is 0 Å². The van der Waals surface area contributed by atoms with Crippen molar-refractivity contribution in [1.82, 2.24) is 0 Å². The van der Waals surface area contributed by atoms with E-state index in [2.05, 4.69) is 9.99 Å². The highest BCUT2D eigenvalue weighted by atomic mass is 32.2. The Hall–Kier alpha value is -0.690. The third-order valence-corrected chi connectivity index (χ3v) is 1.34. The zero-order valence-electron chi connectivity index (χ0n) is 4.13. The fourth-order valence-corrected chi connectivity index (χ4v) is 0.799. The Morgan fingerprint density at radius 3 is 3.25 bits per heavy atom. The molecule has 0 aliphatic carbocycles. The number of nitriles is 1. The summed E-state index contributed by atoms with van der Waals surface area (Å²) >= 11 is 1.07. The maximum atomic E-state index is 8.10. The molecule has 0 radical (unpaired) electrons. The van der Waals surface area contributed by atoms with Gasteiger partial charge in [-0.25, -0.2) is 0 Å². The molecule has 0 N–H and O–H groups in total. The zero-order valence-corrected chi connectivity index (χ0v) is 4.94. The van der Waals surface area contributed by atoms with Gasteiger partial charge in [0, 0.05) is 18.2 Å². The molecule has 42 valence electrons. The van der Waals surface area contributed by atoms with Gasteiger partial charge < -0.3 is 4.84 Å². The van der Waals surface area contributed by atoms with Crippen LogP contribution in [0.4, 0.5) is 0 Å². The van der Waals surface area contributed by atoms with E-state index in [9.17, 15) is 0 Å². The Kier molecular flexibility index (Phi) is 1.75. The second-order valence-electron chi connectivity index (χ2n) is 1.26. The predicted octanol–water partition coefficient (Wildman–Crippen LogP) is 0.934. The van der Waals surface area contributed by atoms with Gasteiger partial charge in [0.2, 0.25) is 0 Å². The lowest BCUT2D eigenvalue weighted by molar-refractivity contribution is 0.174. The molecule has 1 aliphatic rings. The highest BCUT2D eigenvalue weighted by molar-refractivity contribution is 8.17. The van der Waals surface area contributed by atoms with Crippen molar-refractivity contribution in [2.24, 2.45) is 5.16 Å². The monoisotopic (exact) mass is 128 g/mol. The van der Waals surface area contributed by atoms with E-state index in [0.717, 1.165) is 23.2 Å². The normalized spacial score (nSPS) is 16.6. The van der Waals surface area contributed by atoms with Crippen LogP contribution < -0.4 is 0 Å². The van der Waals surface area contributed by atoms with E-state index < -0.39 is 0 Å². The molecule has 0 aromatic heterocycles. The molecule has 0 aromatic rings. The maximum Gasteiger partial charge on any atom is 0.139 e. The fourth-order valence-electron chi connectivity index (χ4n) is 0.419. The third kappa shape index (κ3) is 1.14. The summed E-state index contributed by atoms with van der Waals surface area (Å²) in [7, 11) is 0. The summed E-state index contributed by atoms with van der Waals surface area (Å²) in [6.07, 6.45) is 0.790. The van der Waals surface area contributed by atoms with Crippen molar-refractivity contribution in [2.45, 2.75) is 6.42 Å². The molecule has 8 heavy (non-hydrogen) atoms. The van der Waals surface area contributed by atoms with Crippen LogP contribution in [-0.2, 0) is 4.84 Å². The van der Waals surface area contributed by atoms with Crippen molar-refractivity contribution in [3.8, 4) is 5.40 Å². The van der Waals surface area contributed by atoms with Gasteiger partial charge in [-0.3, -0.25) is 0 Å². The summed E-state index contributed by atoms with van der Waals surface area (Å²) in [6.45, 7) is 0.629. The van der Waals surface area contributed by atoms with Crippen LogP contribution in [-0.4, -0.2) is 11.7 Å². The smallest absolute Gasteiger partial charge is 0.139 e. The summed E-state index contributed by atoms with van der Waals surface area (Å²) in [6, 6.07) is 0. The first kappa shape index (κ1) is 5.45. The van der Waals surface area contributed by atoms with Crippen LogP contribution in [0.15, 0.2) is 5.16 Å². The topological polar surface area (TPSA) is 45.4 Å². The van der Waals surface area contributed by atoms with Crippen molar-refractivity contribution >= 4 is 16.8 Å². The Morgan fingerprint density at radius 2 is 2.75 bits per heavy atom. The molecule has 0 amide bonds. The highest BCUT2D eigenvalue weighted by Crippen LogP contribution is 2.10. The molecule has 1 aliphatic heterocycles. The van der Waals surface area contributed by atoms with Gasteiger partial charge in [0.15, 0.2) is 0 Å². The molecule has 4 heteroatoms. The van der Waals surface area contributed by atoms with E-state index in [0.29, 0.717) is 6.61 Å². The van der Waals surface area contributed by atoms with Crippen LogP contribution in [0.5, 0.6) is 0 Å². The third-order valence-electron chi connectivity index (χ3n) is 0.737. The first-order valence-electron chi connectivity index (χ1n) is 2.18. The molecule has 0 saturated heterocycles. The quantitative estimate of drug-likeness (QED) is 0.456. The minimum absolute atomic E-state index is 0.629. The zero-order chi connectivity index (χ0) is 5.82. The van der Waals surface area contributed by atoms with Gasteiger partial charge in [-0.05, 0) is 0 Å². The molecule has 0 bridgehead atoms. The largest absolute Gasteiger partial charge is 0.395 e. The fraction of sp³-hybridized carbons (Fsp3) is 0.500. The molecule has 0 spiro atoms. The van der Waals surface area contributed by atoms with E-state index in [1.54, 1.807) is 0 Å². The van der Waals surface area contributed by atoms with Crippen LogP contribution in [0.2, 0.25) is 0 Å². The first-order chi connectivity index (χ1) is 3.93. The Balaban J connectivity index is 2.36. The summed E-state index contributed by atoms with van der Waals surface area (Å²) in [5.41, 5.74) is 0. The average Bonchev–Trinajstić information content (AvgIpc) is 2.19. The van der Waals surface area contributed by atoms with Crippen molar-refractivity contribution in [2.75, 3.05) is 6.61 Å². The van der Waals surface area contributed by atoms with Gasteiger partial charge in [0.25, 0.3) is 0 Å². The Bertz CT molecular complexity index is 149. The number of oxime groups is 1. The minimum atomic E-state index is 0.629. The number of thioether (sulfide) groups is 1. The van der Waals surface area contributed by atoms with Gasteiger partial charge in [0.1, 0.15) is 17.1 Å². The van der Waals surface area contributed by atoms with E-state index in [4.69, 9.17) is 5.26 Å². The van der Waals surface area contributed by atoms with Crippen molar-refractivity contribution < 1.29 is 4.84 Å². The number of rotatable bonds is 0. The number of hydrogen-bond donors (Lipinski definition) is 0. The number of thiocyanates is 1. The second-order valence-corrected chi connectivity index (χ2v) is 2.12. The molecule has 3 nitrogen and oxygen atoms in total. The van der Waals surface area contributed by atoms with Crippen LogP contribution in [0.3, 0.4) is 0 Å². The molecule has 1 heterocycles. The van der Waals surface area contributed by atoms with Gasteiger partial charge in [-0.2, -0.15) is 5.26 Å². The molecule has 0 atom stereocenters. The predicted molar refractivity (Wildman–Crippen MR) is 31.2 cm³/mol. The maximum absolute atomic E-state index is 8.10. The molecule has 1 rings (SSSR count). The van der Waals surface area contributed by atoms with Gasteiger partial charge in [0.05, 0.1) is 0 Å². The van der Waals surface area contributed by atoms with Gasteiger partial charge >= 0.3 is 0 Å². The van der Waals surface area contributed by atoms with E-state index in [-0.39, 0.29) is 0 Å². The Morgan fingerprint density at radius 1 is 1.88 bits per heavy atom. The lowest BCUT2D eigenvalue weighted by atomic mass is 10.5. The number of hydrogen-bond acceptors (Lipinski definition) is 4. The number of nitrogens with zero attached hydrogens (tertiary/aromatic N) is 2.